The summed E-state index contributed by atoms with van der Waals surface area (Å²) in [6.07, 6.45) is 3.44. The lowest BCUT2D eigenvalue weighted by molar-refractivity contribution is -0.121. The Bertz CT molecular complexity index is 804. The molecule has 8 heteroatoms. The summed E-state index contributed by atoms with van der Waals surface area (Å²) >= 11 is 11.6. The van der Waals surface area contributed by atoms with Crippen LogP contribution in [0.1, 0.15) is 19.3 Å². The second-order valence-corrected chi connectivity index (χ2v) is 7.64. The van der Waals surface area contributed by atoms with Crippen molar-refractivity contribution in [2.24, 2.45) is 5.92 Å². The van der Waals surface area contributed by atoms with E-state index in [2.05, 4.69) is 20.5 Å². The summed E-state index contributed by atoms with van der Waals surface area (Å²) in [5.41, 5.74) is 0.737. The van der Waals surface area contributed by atoms with Crippen molar-refractivity contribution in [2.45, 2.75) is 19.3 Å². The number of piperidine rings is 1. The van der Waals surface area contributed by atoms with Gasteiger partial charge in [0.2, 0.25) is 11.8 Å². The van der Waals surface area contributed by atoms with Gasteiger partial charge < -0.3 is 15.5 Å². The van der Waals surface area contributed by atoms with Crippen LogP contribution in [0.5, 0.6) is 0 Å². The Labute approximate surface area is 174 Å². The minimum Gasteiger partial charge on any atom is -0.326 e. The maximum Gasteiger partial charge on any atom is 0.228 e. The van der Waals surface area contributed by atoms with Crippen LogP contribution in [0, 0.1) is 5.92 Å². The summed E-state index contributed by atoms with van der Waals surface area (Å²) in [4.78, 5) is 30.8. The average molecular weight is 421 g/mol. The van der Waals surface area contributed by atoms with Crippen LogP contribution in [0.2, 0.25) is 10.0 Å². The molecule has 0 radical (unpaired) electrons. The SMILES string of the molecule is O=C(CCN1CCC(C(=O)Nc2ccc(Cl)cn2)CC1)Nc1ccc(Cl)cc1. The Balaban J connectivity index is 1.37. The molecular formula is C20H22Cl2N4O2. The van der Waals surface area contributed by atoms with Gasteiger partial charge in [0.05, 0.1) is 5.02 Å². The van der Waals surface area contributed by atoms with E-state index in [1.54, 1.807) is 36.4 Å². The van der Waals surface area contributed by atoms with Gasteiger partial charge in [-0.15, -0.1) is 0 Å². The number of hydrogen-bond acceptors (Lipinski definition) is 4. The van der Waals surface area contributed by atoms with E-state index in [1.807, 2.05) is 0 Å². The summed E-state index contributed by atoms with van der Waals surface area (Å²) in [5, 5.41) is 6.87. The number of aromatic nitrogens is 1. The molecule has 0 aliphatic carbocycles. The third-order valence-corrected chi connectivity index (χ3v) is 5.20. The number of benzene rings is 1. The van der Waals surface area contributed by atoms with Gasteiger partial charge in [-0.2, -0.15) is 0 Å². The van der Waals surface area contributed by atoms with E-state index in [0.717, 1.165) is 31.6 Å². The number of hydrogen-bond donors (Lipinski definition) is 2. The molecule has 1 aliphatic rings. The molecule has 0 saturated carbocycles. The van der Waals surface area contributed by atoms with E-state index in [-0.39, 0.29) is 17.7 Å². The third-order valence-electron chi connectivity index (χ3n) is 4.72. The molecule has 3 rings (SSSR count). The fraction of sp³-hybridized carbons (Fsp3) is 0.350. The first kappa shape index (κ1) is 20.6. The number of nitrogens with zero attached hydrogens (tertiary/aromatic N) is 2. The molecule has 1 fully saturated rings. The van der Waals surface area contributed by atoms with Crippen LogP contribution in [-0.4, -0.2) is 41.3 Å². The zero-order chi connectivity index (χ0) is 19.9. The van der Waals surface area contributed by atoms with Gasteiger partial charge in [0.15, 0.2) is 0 Å². The zero-order valence-corrected chi connectivity index (χ0v) is 16.8. The molecule has 148 valence electrons. The van der Waals surface area contributed by atoms with Gasteiger partial charge in [-0.1, -0.05) is 23.2 Å². The van der Waals surface area contributed by atoms with E-state index in [1.165, 1.54) is 6.20 Å². The van der Waals surface area contributed by atoms with Gasteiger partial charge in [-0.25, -0.2) is 4.98 Å². The van der Waals surface area contributed by atoms with Gasteiger partial charge in [0, 0.05) is 35.8 Å². The normalized spacial score (nSPS) is 15.2. The summed E-state index contributed by atoms with van der Waals surface area (Å²) in [5.74, 6) is 0.415. The number of likely N-dealkylation sites (tertiary alicyclic amines) is 1. The predicted octanol–water partition coefficient (Wildman–Crippen LogP) is 4.07. The van der Waals surface area contributed by atoms with Crippen LogP contribution in [0.3, 0.4) is 0 Å². The molecule has 1 aromatic carbocycles. The van der Waals surface area contributed by atoms with Crippen LogP contribution in [0.25, 0.3) is 0 Å². The Kier molecular flexibility index (Phi) is 7.25. The first-order valence-corrected chi connectivity index (χ1v) is 9.95. The molecule has 2 N–H and O–H groups in total. The molecule has 2 aromatic rings. The first-order valence-electron chi connectivity index (χ1n) is 9.20. The number of rotatable bonds is 6. The Morgan fingerprint density at radius 1 is 1.00 bits per heavy atom. The lowest BCUT2D eigenvalue weighted by Crippen LogP contribution is -2.39. The first-order chi connectivity index (χ1) is 13.5. The minimum absolute atomic E-state index is 0.0186. The van der Waals surface area contributed by atoms with Crippen molar-refractivity contribution in [3.8, 4) is 0 Å². The fourth-order valence-corrected chi connectivity index (χ4v) is 3.35. The van der Waals surface area contributed by atoms with Crippen LogP contribution in [-0.2, 0) is 9.59 Å². The lowest BCUT2D eigenvalue weighted by atomic mass is 9.96. The van der Waals surface area contributed by atoms with E-state index in [4.69, 9.17) is 23.2 Å². The average Bonchev–Trinajstić information content (AvgIpc) is 2.70. The highest BCUT2D eigenvalue weighted by Crippen LogP contribution is 2.20. The van der Waals surface area contributed by atoms with Crippen LogP contribution in [0.15, 0.2) is 42.6 Å². The van der Waals surface area contributed by atoms with Crippen molar-refractivity contribution in [2.75, 3.05) is 30.3 Å². The van der Waals surface area contributed by atoms with Gasteiger partial charge >= 0.3 is 0 Å². The van der Waals surface area contributed by atoms with Crippen molar-refractivity contribution in [3.63, 3.8) is 0 Å². The van der Waals surface area contributed by atoms with Crippen LogP contribution >= 0.6 is 23.2 Å². The molecule has 2 amide bonds. The predicted molar refractivity (Wildman–Crippen MR) is 112 cm³/mol. The zero-order valence-electron chi connectivity index (χ0n) is 15.3. The number of amides is 2. The summed E-state index contributed by atoms with van der Waals surface area (Å²) in [7, 11) is 0. The van der Waals surface area contributed by atoms with Crippen molar-refractivity contribution in [1.29, 1.82) is 0 Å². The second-order valence-electron chi connectivity index (χ2n) is 6.77. The smallest absolute Gasteiger partial charge is 0.228 e. The monoisotopic (exact) mass is 420 g/mol. The number of carbonyl (C=O) groups is 2. The highest BCUT2D eigenvalue weighted by molar-refractivity contribution is 6.30. The fourth-order valence-electron chi connectivity index (χ4n) is 3.11. The van der Waals surface area contributed by atoms with E-state index in [0.29, 0.717) is 28.8 Å². The molecule has 0 bridgehead atoms. The maximum absolute atomic E-state index is 12.4. The van der Waals surface area contributed by atoms with Crippen molar-refractivity contribution < 1.29 is 9.59 Å². The molecule has 0 spiro atoms. The Morgan fingerprint density at radius 2 is 1.68 bits per heavy atom. The molecule has 0 atom stereocenters. The summed E-state index contributed by atoms with van der Waals surface area (Å²) < 4.78 is 0. The molecule has 1 aromatic heterocycles. The van der Waals surface area contributed by atoms with Gasteiger partial charge in [-0.3, -0.25) is 9.59 Å². The van der Waals surface area contributed by atoms with E-state index < -0.39 is 0 Å². The second kappa shape index (κ2) is 9.87. The number of nitrogens with one attached hydrogen (secondary N) is 2. The molecular weight excluding hydrogens is 399 g/mol. The third kappa shape index (κ3) is 6.19. The lowest BCUT2D eigenvalue weighted by Gasteiger charge is -2.31. The molecule has 1 saturated heterocycles. The molecule has 28 heavy (non-hydrogen) atoms. The van der Waals surface area contributed by atoms with Crippen molar-refractivity contribution in [1.82, 2.24) is 9.88 Å². The van der Waals surface area contributed by atoms with E-state index in [9.17, 15) is 9.59 Å². The van der Waals surface area contributed by atoms with Crippen molar-refractivity contribution >= 4 is 46.5 Å². The van der Waals surface area contributed by atoms with Crippen LogP contribution in [0.4, 0.5) is 11.5 Å². The topological polar surface area (TPSA) is 74.3 Å². The van der Waals surface area contributed by atoms with Gasteiger partial charge in [-0.05, 0) is 62.3 Å². The van der Waals surface area contributed by atoms with E-state index >= 15 is 0 Å². The largest absolute Gasteiger partial charge is 0.326 e. The van der Waals surface area contributed by atoms with Crippen LogP contribution < -0.4 is 10.6 Å². The maximum atomic E-state index is 12.4. The molecule has 6 nitrogen and oxygen atoms in total. The quantitative estimate of drug-likeness (QED) is 0.738. The van der Waals surface area contributed by atoms with Crippen molar-refractivity contribution in [3.05, 3.63) is 52.6 Å². The number of halogens is 2. The number of carbonyl (C=O) groups excluding carboxylic acids is 2. The molecule has 2 heterocycles. The standard InChI is InChI=1S/C20H22Cl2N4O2/c21-15-1-4-17(5-2-15)24-19(27)9-12-26-10-7-14(8-11-26)20(28)25-18-6-3-16(22)13-23-18/h1-6,13-14H,7-12H2,(H,24,27)(H,23,25,28). The summed E-state index contributed by atoms with van der Waals surface area (Å²) in [6, 6.07) is 10.4. The highest BCUT2D eigenvalue weighted by atomic mass is 35.5. The highest BCUT2D eigenvalue weighted by Gasteiger charge is 2.25. The number of pyridine rings is 1. The van der Waals surface area contributed by atoms with Gasteiger partial charge in [0.25, 0.3) is 0 Å². The minimum atomic E-state index is -0.0448. The number of anilines is 2. The van der Waals surface area contributed by atoms with Gasteiger partial charge in [0.1, 0.15) is 5.82 Å². The molecule has 0 unspecified atom stereocenters. The Hall–Kier alpha value is -2.15. The molecule has 1 aliphatic heterocycles. The summed E-state index contributed by atoms with van der Waals surface area (Å²) in [6.45, 7) is 2.26. The Morgan fingerprint density at radius 3 is 2.32 bits per heavy atom.